The standard InChI is InChI=1S/C26H39NO3/c1-7-8-9-10-18-14-21-23(24(28)22(18)25(29)27-15-16(2)3)19-13-17(4)11-12-20(19)26(5,6)30-21/h13-14,16,19-20,28H,7-12,15H2,1-6H3,(H,27,29)/t19-,20-/m1/s1. The second kappa shape index (κ2) is 9.03. The van der Waals surface area contributed by atoms with Gasteiger partial charge in [0, 0.05) is 23.9 Å². The number of aromatic hydroxyl groups is 1. The van der Waals surface area contributed by atoms with E-state index in [0.717, 1.165) is 55.4 Å². The molecule has 1 heterocycles. The molecule has 166 valence electrons. The van der Waals surface area contributed by atoms with Crippen molar-refractivity contribution in [1.29, 1.82) is 0 Å². The predicted molar refractivity (Wildman–Crippen MR) is 122 cm³/mol. The van der Waals surface area contributed by atoms with Crippen LogP contribution >= 0.6 is 0 Å². The quantitative estimate of drug-likeness (QED) is 0.418. The Kier molecular flexibility index (Phi) is 6.84. The molecule has 0 saturated heterocycles. The van der Waals surface area contributed by atoms with Crippen LogP contribution in [0.4, 0.5) is 0 Å². The maximum Gasteiger partial charge on any atom is 0.255 e. The molecule has 30 heavy (non-hydrogen) atoms. The lowest BCUT2D eigenvalue weighted by Crippen LogP contribution is -2.45. The molecule has 1 aliphatic carbocycles. The van der Waals surface area contributed by atoms with Gasteiger partial charge in [0.05, 0.1) is 5.56 Å². The van der Waals surface area contributed by atoms with Crippen molar-refractivity contribution in [1.82, 2.24) is 5.32 Å². The van der Waals surface area contributed by atoms with E-state index in [9.17, 15) is 9.90 Å². The van der Waals surface area contributed by atoms with Gasteiger partial charge in [0.25, 0.3) is 5.91 Å². The van der Waals surface area contributed by atoms with Crippen LogP contribution in [0.2, 0.25) is 0 Å². The summed E-state index contributed by atoms with van der Waals surface area (Å²) < 4.78 is 6.46. The maximum absolute atomic E-state index is 13.1. The van der Waals surface area contributed by atoms with Crippen molar-refractivity contribution in [3.63, 3.8) is 0 Å². The number of unbranched alkanes of at least 4 members (excludes halogenated alkanes) is 2. The molecule has 3 rings (SSSR count). The number of nitrogens with one attached hydrogen (secondary N) is 1. The molecule has 2 N–H and O–H groups in total. The topological polar surface area (TPSA) is 58.6 Å². The van der Waals surface area contributed by atoms with Crippen LogP contribution in [0.25, 0.3) is 0 Å². The first-order valence-electron chi connectivity index (χ1n) is 11.7. The largest absolute Gasteiger partial charge is 0.507 e. The molecule has 0 fully saturated rings. The Hall–Kier alpha value is -1.97. The van der Waals surface area contributed by atoms with Crippen LogP contribution in [0.5, 0.6) is 11.5 Å². The number of carbonyl (C=O) groups excluding carboxylic acids is 1. The molecule has 0 radical (unpaired) electrons. The highest BCUT2D eigenvalue weighted by Crippen LogP contribution is 2.54. The first-order valence-corrected chi connectivity index (χ1v) is 11.7. The molecule has 0 unspecified atom stereocenters. The summed E-state index contributed by atoms with van der Waals surface area (Å²) in [5.74, 6) is 1.42. The average molecular weight is 414 g/mol. The Bertz CT molecular complexity index is 822. The molecule has 0 bridgehead atoms. The first-order chi connectivity index (χ1) is 14.2. The minimum Gasteiger partial charge on any atom is -0.507 e. The van der Waals surface area contributed by atoms with Gasteiger partial charge < -0.3 is 15.2 Å². The summed E-state index contributed by atoms with van der Waals surface area (Å²) in [5.41, 5.74) is 3.18. The number of amides is 1. The maximum atomic E-state index is 13.1. The molecule has 1 aromatic rings. The fourth-order valence-electron chi connectivity index (χ4n) is 5.01. The first kappa shape index (κ1) is 22.7. The minimum absolute atomic E-state index is 0.0823. The highest BCUT2D eigenvalue weighted by Gasteiger charge is 2.46. The number of ether oxygens (including phenoxy) is 1. The summed E-state index contributed by atoms with van der Waals surface area (Å²) in [5, 5.41) is 14.5. The van der Waals surface area contributed by atoms with E-state index in [0.29, 0.717) is 18.0 Å². The van der Waals surface area contributed by atoms with E-state index in [1.54, 1.807) is 0 Å². The summed E-state index contributed by atoms with van der Waals surface area (Å²) in [7, 11) is 0. The monoisotopic (exact) mass is 413 g/mol. The van der Waals surface area contributed by atoms with E-state index < -0.39 is 0 Å². The van der Waals surface area contributed by atoms with E-state index in [1.807, 2.05) is 6.07 Å². The van der Waals surface area contributed by atoms with Crippen LogP contribution in [0.3, 0.4) is 0 Å². The van der Waals surface area contributed by atoms with Gasteiger partial charge in [0.15, 0.2) is 0 Å². The van der Waals surface area contributed by atoms with E-state index >= 15 is 0 Å². The van der Waals surface area contributed by atoms with Gasteiger partial charge >= 0.3 is 0 Å². The Morgan fingerprint density at radius 1 is 1.33 bits per heavy atom. The molecule has 0 saturated carbocycles. The number of aryl methyl sites for hydroxylation is 1. The zero-order chi connectivity index (χ0) is 22.1. The van der Waals surface area contributed by atoms with Crippen molar-refractivity contribution in [2.45, 2.75) is 91.6 Å². The van der Waals surface area contributed by atoms with Crippen LogP contribution in [0, 0.1) is 11.8 Å². The van der Waals surface area contributed by atoms with Crippen molar-refractivity contribution in [2.75, 3.05) is 6.54 Å². The van der Waals surface area contributed by atoms with Gasteiger partial charge in [-0.3, -0.25) is 4.79 Å². The Labute approximate surface area is 182 Å². The molecule has 4 heteroatoms. The van der Waals surface area contributed by atoms with E-state index in [1.165, 1.54) is 5.57 Å². The van der Waals surface area contributed by atoms with Crippen molar-refractivity contribution in [2.24, 2.45) is 11.8 Å². The minimum atomic E-state index is -0.302. The second-order valence-electron chi connectivity index (χ2n) is 10.1. The van der Waals surface area contributed by atoms with Gasteiger partial charge in [0.2, 0.25) is 0 Å². The number of hydrogen-bond acceptors (Lipinski definition) is 3. The van der Waals surface area contributed by atoms with Crippen LogP contribution in [-0.4, -0.2) is 23.2 Å². The molecule has 1 amide bonds. The molecule has 2 aliphatic rings. The van der Waals surface area contributed by atoms with Gasteiger partial charge in [-0.25, -0.2) is 0 Å². The predicted octanol–water partition coefficient (Wildman–Crippen LogP) is 6.12. The highest BCUT2D eigenvalue weighted by molar-refractivity contribution is 5.99. The van der Waals surface area contributed by atoms with Crippen molar-refractivity contribution in [3.8, 4) is 11.5 Å². The normalized spacial score (nSPS) is 22.0. The summed E-state index contributed by atoms with van der Waals surface area (Å²) in [6, 6.07) is 2.03. The SMILES string of the molecule is CCCCCc1cc2c(c(O)c1C(=O)NCC(C)C)[C@@H]1C=C(C)CC[C@H]1C(C)(C)O2. The molecular weight excluding hydrogens is 374 g/mol. The molecular formula is C26H39NO3. The Morgan fingerprint density at radius 3 is 2.73 bits per heavy atom. The Morgan fingerprint density at radius 2 is 2.07 bits per heavy atom. The third-order valence-corrected chi connectivity index (χ3v) is 6.68. The number of phenols is 1. The van der Waals surface area contributed by atoms with Gasteiger partial charge in [-0.1, -0.05) is 45.3 Å². The van der Waals surface area contributed by atoms with Gasteiger partial charge in [-0.15, -0.1) is 0 Å². The number of fused-ring (bicyclic) bond motifs is 3. The summed E-state index contributed by atoms with van der Waals surface area (Å²) in [4.78, 5) is 13.1. The van der Waals surface area contributed by atoms with Crippen molar-refractivity contribution < 1.29 is 14.6 Å². The number of carbonyl (C=O) groups is 1. The molecule has 2 atom stereocenters. The third kappa shape index (κ3) is 4.53. The average Bonchev–Trinajstić information content (AvgIpc) is 2.65. The van der Waals surface area contributed by atoms with Gasteiger partial charge in [-0.2, -0.15) is 0 Å². The fourth-order valence-corrected chi connectivity index (χ4v) is 5.01. The van der Waals surface area contributed by atoms with Crippen molar-refractivity contribution in [3.05, 3.63) is 34.4 Å². The smallest absolute Gasteiger partial charge is 0.255 e. The number of hydrogen-bond donors (Lipinski definition) is 2. The lowest BCUT2D eigenvalue weighted by molar-refractivity contribution is 0.0107. The molecule has 0 spiro atoms. The van der Waals surface area contributed by atoms with E-state index in [2.05, 4.69) is 52.9 Å². The lowest BCUT2D eigenvalue weighted by Gasteiger charge is -2.46. The fraction of sp³-hybridized carbons (Fsp3) is 0.654. The summed E-state index contributed by atoms with van der Waals surface area (Å²) in [6.07, 6.45) is 8.35. The lowest BCUT2D eigenvalue weighted by atomic mass is 9.67. The van der Waals surface area contributed by atoms with Crippen molar-refractivity contribution >= 4 is 5.91 Å². The zero-order valence-corrected chi connectivity index (χ0v) is 19.6. The van der Waals surface area contributed by atoms with E-state index in [-0.39, 0.29) is 29.1 Å². The molecule has 1 aliphatic heterocycles. The molecule has 4 nitrogen and oxygen atoms in total. The van der Waals surface area contributed by atoms with Crippen LogP contribution < -0.4 is 10.1 Å². The van der Waals surface area contributed by atoms with E-state index in [4.69, 9.17) is 4.74 Å². The van der Waals surface area contributed by atoms with Crippen LogP contribution in [-0.2, 0) is 6.42 Å². The molecule has 1 aromatic carbocycles. The number of phenolic OH excluding ortho intramolecular Hbond substituents is 1. The highest BCUT2D eigenvalue weighted by atomic mass is 16.5. The number of benzene rings is 1. The summed E-state index contributed by atoms with van der Waals surface area (Å²) in [6.45, 7) is 13.4. The summed E-state index contributed by atoms with van der Waals surface area (Å²) >= 11 is 0. The number of rotatable bonds is 7. The zero-order valence-electron chi connectivity index (χ0n) is 19.6. The van der Waals surface area contributed by atoms with Crippen LogP contribution in [0.15, 0.2) is 17.7 Å². The third-order valence-electron chi connectivity index (χ3n) is 6.68. The van der Waals surface area contributed by atoms with Crippen LogP contribution in [0.1, 0.15) is 101 Å². The number of allylic oxidation sites excluding steroid dienone is 2. The Balaban J connectivity index is 2.11. The van der Waals surface area contributed by atoms with Gasteiger partial charge in [-0.05, 0) is 64.0 Å². The second-order valence-corrected chi connectivity index (χ2v) is 10.1. The van der Waals surface area contributed by atoms with Gasteiger partial charge in [0.1, 0.15) is 17.1 Å². The molecule has 0 aromatic heterocycles.